The van der Waals surface area contributed by atoms with Crippen molar-refractivity contribution in [3.63, 3.8) is 0 Å². The fourth-order valence-corrected chi connectivity index (χ4v) is 2.76. The summed E-state index contributed by atoms with van der Waals surface area (Å²) in [7, 11) is 0. The summed E-state index contributed by atoms with van der Waals surface area (Å²) in [6.07, 6.45) is -4.50. The Morgan fingerprint density at radius 1 is 1.36 bits per heavy atom. The highest BCUT2D eigenvalue weighted by Gasteiger charge is 2.48. The molecule has 1 amide bonds. The lowest BCUT2D eigenvalue weighted by molar-refractivity contribution is -0.434. The summed E-state index contributed by atoms with van der Waals surface area (Å²) in [6, 6.07) is 7.72. The molecule has 1 fully saturated rings. The molecule has 2 rings (SSSR count). The zero-order valence-corrected chi connectivity index (χ0v) is 14.0. The molecule has 0 aliphatic carbocycles. The fourth-order valence-electron chi connectivity index (χ4n) is 2.38. The second kappa shape index (κ2) is 9.89. The van der Waals surface area contributed by atoms with Crippen LogP contribution in [0.1, 0.15) is 6.92 Å². The Morgan fingerprint density at radius 3 is 2.68 bits per heavy atom. The highest BCUT2D eigenvalue weighted by atomic mass is 32.2. The van der Waals surface area contributed by atoms with Gasteiger partial charge < -0.3 is 25.0 Å². The van der Waals surface area contributed by atoms with Gasteiger partial charge in [-0.15, -0.1) is 4.33 Å². The van der Waals surface area contributed by atoms with Crippen LogP contribution in [0.5, 0.6) is 5.75 Å². The molecule has 0 bridgehead atoms. The monoisotopic (exact) mass is 377 g/mol. The molecule has 5 atom stereocenters. The molecule has 1 aromatic rings. The van der Waals surface area contributed by atoms with E-state index in [1.165, 1.54) is 6.92 Å². The summed E-state index contributed by atoms with van der Waals surface area (Å²) in [6.45, 7) is 0.770. The number of aliphatic hydroxyl groups is 2. The Labute approximate surface area is 147 Å². The van der Waals surface area contributed by atoms with Crippen molar-refractivity contribution in [3.8, 4) is 5.75 Å². The first-order valence-electron chi connectivity index (χ1n) is 7.30. The van der Waals surface area contributed by atoms with Crippen molar-refractivity contribution in [1.82, 2.24) is 5.32 Å². The maximum absolute atomic E-state index is 11.5. The van der Waals surface area contributed by atoms with Crippen LogP contribution in [0.15, 0.2) is 30.3 Å². The summed E-state index contributed by atoms with van der Waals surface area (Å²) >= 11 is 0.239. The van der Waals surface area contributed by atoms with Crippen LogP contribution in [-0.2, 0) is 23.1 Å². The lowest BCUT2D eigenvalue weighted by Crippen LogP contribution is -2.65. The van der Waals surface area contributed by atoms with Gasteiger partial charge in [0.05, 0.1) is 6.61 Å². The largest absolute Gasteiger partial charge is 0.463 e. The van der Waals surface area contributed by atoms with Crippen molar-refractivity contribution in [2.45, 2.75) is 37.6 Å². The van der Waals surface area contributed by atoms with E-state index in [1.807, 2.05) is 0 Å². The normalized spacial score (nSPS) is 29.2. The number of carbonyl (C=O) groups excluding carboxylic acids is 1. The smallest absolute Gasteiger partial charge is 0.223 e. The van der Waals surface area contributed by atoms with Gasteiger partial charge in [-0.3, -0.25) is 8.98 Å². The number of para-hydroxylation sites is 1. The molecule has 10 nitrogen and oxygen atoms in total. The SMILES string of the molecule is CC(=O)NC1[C@H](Oc2ccccc2)OC(CO)[C@H](O)[C@H]1OSOOO. The highest BCUT2D eigenvalue weighted by Crippen LogP contribution is 2.28. The lowest BCUT2D eigenvalue weighted by Gasteiger charge is -2.43. The molecule has 1 aliphatic heterocycles. The predicted molar refractivity (Wildman–Crippen MR) is 83.7 cm³/mol. The molecular weight excluding hydrogens is 358 g/mol. The molecule has 4 N–H and O–H groups in total. The number of hydrogen-bond donors (Lipinski definition) is 4. The highest BCUT2D eigenvalue weighted by molar-refractivity contribution is 7.89. The summed E-state index contributed by atoms with van der Waals surface area (Å²) in [5, 5.41) is 33.9. The molecule has 0 aromatic heterocycles. The zero-order valence-electron chi connectivity index (χ0n) is 13.2. The van der Waals surface area contributed by atoms with Crippen LogP contribution in [0, 0.1) is 0 Å². The van der Waals surface area contributed by atoms with Crippen LogP contribution in [0.25, 0.3) is 0 Å². The van der Waals surface area contributed by atoms with Crippen LogP contribution in [0.4, 0.5) is 0 Å². The van der Waals surface area contributed by atoms with Crippen molar-refractivity contribution in [2.24, 2.45) is 0 Å². The van der Waals surface area contributed by atoms with Crippen LogP contribution in [0.3, 0.4) is 0 Å². The van der Waals surface area contributed by atoms with Gasteiger partial charge in [0.2, 0.25) is 12.2 Å². The van der Waals surface area contributed by atoms with Gasteiger partial charge in [-0.2, -0.15) is 0 Å². The third-order valence-corrected chi connectivity index (χ3v) is 3.84. The van der Waals surface area contributed by atoms with Gasteiger partial charge in [-0.1, -0.05) is 23.2 Å². The Balaban J connectivity index is 2.21. The first-order valence-corrected chi connectivity index (χ1v) is 7.97. The van der Waals surface area contributed by atoms with Crippen molar-refractivity contribution in [3.05, 3.63) is 30.3 Å². The van der Waals surface area contributed by atoms with Gasteiger partial charge in [0.25, 0.3) is 0 Å². The third kappa shape index (κ3) is 5.52. The van der Waals surface area contributed by atoms with E-state index in [1.54, 1.807) is 30.3 Å². The van der Waals surface area contributed by atoms with E-state index in [9.17, 15) is 15.0 Å². The summed E-state index contributed by atoms with van der Waals surface area (Å²) in [5.74, 6) is 0.0418. The standard InChI is InChI=1S/C14H19NO9S/c1-8(17)15-11-13(22-25-24-23-19)12(18)10(7-16)21-14(11)20-9-5-3-2-4-6-9/h2-6,10-14,16,18-19H,7H2,1H3,(H,15,17)/t10?,11?,12-,13-,14+/m0/s1. The summed E-state index contributed by atoms with van der Waals surface area (Å²) in [5.41, 5.74) is 0. The molecule has 25 heavy (non-hydrogen) atoms. The molecule has 0 radical (unpaired) electrons. The number of benzene rings is 1. The van der Waals surface area contributed by atoms with Gasteiger partial charge in [0.1, 0.15) is 30.1 Å². The average molecular weight is 377 g/mol. The first-order chi connectivity index (χ1) is 12.1. The fraction of sp³-hybridized carbons (Fsp3) is 0.500. The Bertz CT molecular complexity index is 534. The minimum absolute atomic E-state index is 0.239. The maximum Gasteiger partial charge on any atom is 0.223 e. The number of ether oxygens (including phenoxy) is 2. The number of hydrogen-bond acceptors (Lipinski definition) is 10. The van der Waals surface area contributed by atoms with Crippen LogP contribution in [0.2, 0.25) is 0 Å². The van der Waals surface area contributed by atoms with Crippen molar-refractivity contribution in [1.29, 1.82) is 0 Å². The van der Waals surface area contributed by atoms with E-state index in [0.717, 1.165) is 0 Å². The topological polar surface area (TPSA) is 136 Å². The van der Waals surface area contributed by atoms with Crippen LogP contribution < -0.4 is 10.1 Å². The predicted octanol–water partition coefficient (Wildman–Crippen LogP) is 0.0178. The molecule has 1 saturated heterocycles. The number of carbonyl (C=O) groups is 1. The van der Waals surface area contributed by atoms with Crippen molar-refractivity contribution < 1.29 is 43.3 Å². The summed E-state index contributed by atoms with van der Waals surface area (Å²) in [4.78, 5) is 11.5. The first kappa shape index (κ1) is 19.9. The van der Waals surface area contributed by atoms with Crippen molar-refractivity contribution >= 4 is 18.2 Å². The Hall–Kier alpha value is -1.44. The van der Waals surface area contributed by atoms with E-state index in [4.69, 9.17) is 18.9 Å². The van der Waals surface area contributed by atoms with Gasteiger partial charge in [-0.25, -0.2) is 5.26 Å². The number of nitrogens with one attached hydrogen (secondary N) is 1. The minimum Gasteiger partial charge on any atom is -0.463 e. The average Bonchev–Trinajstić information content (AvgIpc) is 2.60. The Morgan fingerprint density at radius 2 is 2.08 bits per heavy atom. The number of rotatable bonds is 8. The van der Waals surface area contributed by atoms with E-state index in [0.29, 0.717) is 5.75 Å². The quantitative estimate of drug-likeness (QED) is 0.212. The third-order valence-electron chi connectivity index (χ3n) is 3.43. The van der Waals surface area contributed by atoms with Crippen LogP contribution >= 0.6 is 12.3 Å². The molecule has 2 unspecified atom stereocenters. The minimum atomic E-state index is -1.31. The van der Waals surface area contributed by atoms with E-state index in [2.05, 4.69) is 14.7 Å². The molecule has 11 heteroatoms. The Kier molecular flexibility index (Phi) is 7.87. The molecule has 1 aromatic carbocycles. The molecular formula is C14H19NO9S. The number of aliphatic hydroxyl groups excluding tert-OH is 2. The number of amides is 1. The maximum atomic E-state index is 11.5. The van der Waals surface area contributed by atoms with E-state index in [-0.39, 0.29) is 12.3 Å². The molecule has 140 valence electrons. The van der Waals surface area contributed by atoms with E-state index >= 15 is 0 Å². The van der Waals surface area contributed by atoms with Gasteiger partial charge >= 0.3 is 0 Å². The molecule has 0 spiro atoms. The van der Waals surface area contributed by atoms with Gasteiger partial charge in [0, 0.05) is 6.92 Å². The van der Waals surface area contributed by atoms with Gasteiger partial charge in [-0.05, 0) is 12.1 Å². The second-order valence-electron chi connectivity index (χ2n) is 5.14. The molecule has 1 aliphatic rings. The second-order valence-corrected chi connectivity index (χ2v) is 5.61. The van der Waals surface area contributed by atoms with Gasteiger partial charge in [0.15, 0.2) is 12.3 Å². The molecule has 1 heterocycles. The van der Waals surface area contributed by atoms with Crippen LogP contribution in [-0.4, -0.2) is 58.6 Å². The molecule has 0 saturated carbocycles. The van der Waals surface area contributed by atoms with Crippen molar-refractivity contribution in [2.75, 3.05) is 6.61 Å². The summed E-state index contributed by atoms with van der Waals surface area (Å²) < 4.78 is 20.6. The zero-order chi connectivity index (χ0) is 18.2. The van der Waals surface area contributed by atoms with E-state index < -0.39 is 43.2 Å². The lowest BCUT2D eigenvalue weighted by atomic mass is 9.97.